The number of nitrogens with one attached hydrogen (secondary N) is 2. The molecule has 0 aliphatic rings. The molecule has 2 amide bonds. The molecule has 28 heavy (non-hydrogen) atoms. The van der Waals surface area contributed by atoms with Gasteiger partial charge in [0.1, 0.15) is 17.9 Å². The van der Waals surface area contributed by atoms with Gasteiger partial charge in [-0.3, -0.25) is 9.59 Å². The van der Waals surface area contributed by atoms with Crippen LogP contribution in [0, 0.1) is 0 Å². The lowest BCUT2D eigenvalue weighted by atomic mass is 10.1. The molecule has 3 rings (SSSR count). The van der Waals surface area contributed by atoms with E-state index in [0.29, 0.717) is 17.1 Å². The van der Waals surface area contributed by atoms with E-state index in [1.54, 1.807) is 24.3 Å². The summed E-state index contributed by atoms with van der Waals surface area (Å²) in [6, 6.07) is 24.0. The molecule has 0 aliphatic carbocycles. The number of carbonyl (C=O) groups is 2. The molecule has 0 radical (unpaired) electrons. The van der Waals surface area contributed by atoms with Crippen LogP contribution >= 0.6 is 0 Å². The summed E-state index contributed by atoms with van der Waals surface area (Å²) in [7, 11) is 0. The zero-order valence-electron chi connectivity index (χ0n) is 15.6. The summed E-state index contributed by atoms with van der Waals surface area (Å²) in [6.07, 6.45) is 0.684. The fourth-order valence-electron chi connectivity index (χ4n) is 2.61. The van der Waals surface area contributed by atoms with Crippen LogP contribution in [0.3, 0.4) is 0 Å². The highest BCUT2D eigenvalue weighted by atomic mass is 16.5. The normalized spacial score (nSPS) is 10.2. The Balaban J connectivity index is 1.49. The van der Waals surface area contributed by atoms with Crippen molar-refractivity contribution in [1.82, 2.24) is 0 Å². The smallest absolute Gasteiger partial charge is 0.233 e. The summed E-state index contributed by atoms with van der Waals surface area (Å²) < 4.78 is 5.71. The van der Waals surface area contributed by atoms with Crippen molar-refractivity contribution < 1.29 is 14.3 Å². The molecule has 0 saturated heterocycles. The lowest BCUT2D eigenvalue weighted by Gasteiger charge is -2.09. The van der Waals surface area contributed by atoms with Gasteiger partial charge in [-0.25, -0.2) is 0 Å². The number of hydrogen-bond donors (Lipinski definition) is 2. The van der Waals surface area contributed by atoms with Crippen molar-refractivity contribution in [3.63, 3.8) is 0 Å². The fraction of sp³-hybridized carbons (Fsp3) is 0.130. The van der Waals surface area contributed by atoms with E-state index >= 15 is 0 Å². The highest BCUT2D eigenvalue weighted by molar-refractivity contribution is 6.08. The van der Waals surface area contributed by atoms with E-state index < -0.39 is 0 Å². The van der Waals surface area contributed by atoms with Crippen LogP contribution < -0.4 is 15.4 Å². The van der Waals surface area contributed by atoms with Crippen LogP contribution in [0.1, 0.15) is 18.9 Å². The van der Waals surface area contributed by atoms with Crippen molar-refractivity contribution in [2.45, 2.75) is 19.8 Å². The van der Waals surface area contributed by atoms with Gasteiger partial charge >= 0.3 is 0 Å². The summed E-state index contributed by atoms with van der Waals surface area (Å²) >= 11 is 0. The first-order chi connectivity index (χ1) is 13.6. The Kier molecular flexibility index (Phi) is 6.41. The van der Waals surface area contributed by atoms with Crippen molar-refractivity contribution >= 4 is 23.2 Å². The number of para-hydroxylation sites is 1. The minimum Gasteiger partial charge on any atom is -0.457 e. The molecule has 3 aromatic rings. The largest absolute Gasteiger partial charge is 0.457 e. The number of aryl methyl sites for hydroxylation is 1. The van der Waals surface area contributed by atoms with E-state index in [0.717, 1.165) is 12.2 Å². The average molecular weight is 374 g/mol. The van der Waals surface area contributed by atoms with E-state index in [-0.39, 0.29) is 18.2 Å². The molecule has 0 unspecified atom stereocenters. The molecular formula is C23H22N2O3. The van der Waals surface area contributed by atoms with Crippen LogP contribution in [-0.2, 0) is 16.0 Å². The van der Waals surface area contributed by atoms with Crippen LogP contribution in [0.15, 0.2) is 78.9 Å². The number of amides is 2. The van der Waals surface area contributed by atoms with Gasteiger partial charge in [-0.2, -0.15) is 0 Å². The lowest BCUT2D eigenvalue weighted by Crippen LogP contribution is -2.21. The fourth-order valence-corrected chi connectivity index (χ4v) is 2.61. The summed E-state index contributed by atoms with van der Waals surface area (Å²) in [4.78, 5) is 24.1. The highest BCUT2D eigenvalue weighted by Crippen LogP contribution is 2.22. The first kappa shape index (κ1) is 19.2. The lowest BCUT2D eigenvalue weighted by molar-refractivity contribution is -0.123. The standard InChI is InChI=1S/C23H22N2O3/c1-2-17-8-10-18(11-9-17)24-22(26)16-23(27)25-19-12-14-21(15-13-19)28-20-6-4-3-5-7-20/h3-15H,2,16H2,1H3,(H,24,26)(H,25,27). The third-order valence-corrected chi connectivity index (χ3v) is 4.08. The van der Waals surface area contributed by atoms with E-state index in [4.69, 9.17) is 4.74 Å². The van der Waals surface area contributed by atoms with Crippen LogP contribution in [0.25, 0.3) is 0 Å². The second kappa shape index (κ2) is 9.37. The molecule has 5 nitrogen and oxygen atoms in total. The van der Waals surface area contributed by atoms with Gasteiger partial charge in [0, 0.05) is 11.4 Å². The van der Waals surface area contributed by atoms with Gasteiger partial charge in [0.15, 0.2) is 0 Å². The SMILES string of the molecule is CCc1ccc(NC(=O)CC(=O)Nc2ccc(Oc3ccccc3)cc2)cc1. The molecule has 3 aromatic carbocycles. The Hall–Kier alpha value is -3.60. The van der Waals surface area contributed by atoms with E-state index in [2.05, 4.69) is 17.6 Å². The van der Waals surface area contributed by atoms with Crippen LogP contribution in [-0.4, -0.2) is 11.8 Å². The molecular weight excluding hydrogens is 352 g/mol. The number of rotatable bonds is 7. The van der Waals surface area contributed by atoms with Gasteiger partial charge in [-0.15, -0.1) is 0 Å². The number of carbonyl (C=O) groups excluding carboxylic acids is 2. The number of hydrogen-bond acceptors (Lipinski definition) is 3. The van der Waals surface area contributed by atoms with Crippen molar-refractivity contribution in [3.8, 4) is 11.5 Å². The first-order valence-electron chi connectivity index (χ1n) is 9.14. The van der Waals surface area contributed by atoms with Gasteiger partial charge in [0.2, 0.25) is 11.8 Å². The van der Waals surface area contributed by atoms with Crippen molar-refractivity contribution in [3.05, 3.63) is 84.4 Å². The Morgan fingerprint density at radius 3 is 1.75 bits per heavy atom. The quantitative estimate of drug-likeness (QED) is 0.571. The Bertz CT molecular complexity index is 920. The molecule has 5 heteroatoms. The molecule has 0 aliphatic heterocycles. The molecule has 142 valence electrons. The first-order valence-corrected chi connectivity index (χ1v) is 9.14. The third kappa shape index (κ3) is 5.71. The van der Waals surface area contributed by atoms with Crippen molar-refractivity contribution in [2.75, 3.05) is 10.6 Å². The Morgan fingerprint density at radius 2 is 1.21 bits per heavy atom. The molecule has 0 aromatic heterocycles. The summed E-state index contributed by atoms with van der Waals surface area (Å²) in [5.74, 6) is 0.672. The van der Waals surface area contributed by atoms with Gasteiger partial charge in [-0.05, 0) is 60.5 Å². The van der Waals surface area contributed by atoms with Crippen LogP contribution in [0.2, 0.25) is 0 Å². The van der Waals surface area contributed by atoms with E-state index in [1.165, 1.54) is 5.56 Å². The molecule has 0 spiro atoms. The van der Waals surface area contributed by atoms with Crippen molar-refractivity contribution in [1.29, 1.82) is 0 Å². The summed E-state index contributed by atoms with van der Waals surface area (Å²) in [5.41, 5.74) is 2.47. The molecule has 2 N–H and O–H groups in total. The minimum atomic E-state index is -0.376. The number of ether oxygens (including phenoxy) is 1. The van der Waals surface area contributed by atoms with Crippen molar-refractivity contribution in [2.24, 2.45) is 0 Å². The monoisotopic (exact) mass is 374 g/mol. The molecule has 0 bridgehead atoms. The van der Waals surface area contributed by atoms with E-state index in [9.17, 15) is 9.59 Å². The van der Waals surface area contributed by atoms with E-state index in [1.807, 2.05) is 54.6 Å². The Morgan fingerprint density at radius 1 is 0.714 bits per heavy atom. The highest BCUT2D eigenvalue weighted by Gasteiger charge is 2.10. The zero-order valence-corrected chi connectivity index (χ0v) is 15.6. The molecule has 0 heterocycles. The molecule has 0 atom stereocenters. The zero-order chi connectivity index (χ0) is 19.8. The second-order valence-corrected chi connectivity index (χ2v) is 6.26. The maximum atomic E-state index is 12.1. The third-order valence-electron chi connectivity index (χ3n) is 4.08. The predicted molar refractivity (Wildman–Crippen MR) is 111 cm³/mol. The van der Waals surface area contributed by atoms with Crippen LogP contribution in [0.4, 0.5) is 11.4 Å². The van der Waals surface area contributed by atoms with Gasteiger partial charge in [0.25, 0.3) is 0 Å². The maximum Gasteiger partial charge on any atom is 0.233 e. The second-order valence-electron chi connectivity index (χ2n) is 6.26. The minimum absolute atomic E-state index is 0.252. The summed E-state index contributed by atoms with van der Waals surface area (Å²) in [6.45, 7) is 2.07. The molecule has 0 saturated carbocycles. The molecule has 0 fully saturated rings. The predicted octanol–water partition coefficient (Wildman–Crippen LogP) is 5.01. The van der Waals surface area contributed by atoms with Gasteiger partial charge in [0.05, 0.1) is 0 Å². The summed E-state index contributed by atoms with van der Waals surface area (Å²) in [5, 5.41) is 5.44. The number of anilines is 2. The topological polar surface area (TPSA) is 67.4 Å². The van der Waals surface area contributed by atoms with Crippen LogP contribution in [0.5, 0.6) is 11.5 Å². The van der Waals surface area contributed by atoms with Gasteiger partial charge in [-0.1, -0.05) is 37.3 Å². The van der Waals surface area contributed by atoms with Gasteiger partial charge < -0.3 is 15.4 Å². The number of benzene rings is 3. The maximum absolute atomic E-state index is 12.1. The average Bonchev–Trinajstić information content (AvgIpc) is 2.70. The Labute approximate surface area is 164 Å².